The molecule has 25 heavy (non-hydrogen) atoms. The average molecular weight is 359 g/mol. The zero-order valence-electron chi connectivity index (χ0n) is 13.8. The van der Waals surface area contributed by atoms with E-state index < -0.39 is 10.0 Å². The van der Waals surface area contributed by atoms with Crippen molar-refractivity contribution in [1.82, 2.24) is 9.88 Å². The second kappa shape index (κ2) is 6.31. The Morgan fingerprint density at radius 2 is 1.92 bits per heavy atom. The first-order chi connectivity index (χ1) is 12.0. The van der Waals surface area contributed by atoms with Crippen molar-refractivity contribution < 1.29 is 8.42 Å². The van der Waals surface area contributed by atoms with Crippen LogP contribution in [-0.2, 0) is 22.3 Å². The summed E-state index contributed by atoms with van der Waals surface area (Å²) in [6.07, 6.45) is 1.09. The number of benzene rings is 1. The zero-order valence-corrected chi connectivity index (χ0v) is 14.6. The molecule has 0 radical (unpaired) electrons. The third-order valence-electron chi connectivity index (χ3n) is 4.97. The first-order valence-corrected chi connectivity index (χ1v) is 10.2. The Morgan fingerprint density at radius 1 is 1.12 bits per heavy atom. The summed E-state index contributed by atoms with van der Waals surface area (Å²) in [5.41, 5.74) is 1.58. The molecule has 132 valence electrons. The van der Waals surface area contributed by atoms with Crippen LogP contribution in [0, 0.1) is 5.92 Å². The largest absolute Gasteiger partial charge is 0.316 e. The second-order valence-electron chi connectivity index (χ2n) is 6.89. The Bertz CT molecular complexity index is 938. The van der Waals surface area contributed by atoms with Crippen LogP contribution in [0.5, 0.6) is 0 Å². The zero-order chi connectivity index (χ0) is 17.4. The van der Waals surface area contributed by atoms with Crippen LogP contribution in [0.1, 0.15) is 23.6 Å². The van der Waals surface area contributed by atoms with Gasteiger partial charge in [0.1, 0.15) is 5.69 Å². The second-order valence-corrected chi connectivity index (χ2v) is 8.61. The molecule has 2 N–H and O–H groups in total. The molecular formula is C18H21N3O3S. The van der Waals surface area contributed by atoms with Crippen molar-refractivity contribution in [2.75, 3.05) is 17.8 Å². The van der Waals surface area contributed by atoms with Gasteiger partial charge in [-0.25, -0.2) is 8.42 Å². The summed E-state index contributed by atoms with van der Waals surface area (Å²) >= 11 is 0. The Labute approximate surface area is 146 Å². The van der Waals surface area contributed by atoms with Crippen molar-refractivity contribution in [2.24, 2.45) is 5.92 Å². The Kier molecular flexibility index (Phi) is 4.13. The van der Waals surface area contributed by atoms with E-state index in [1.54, 1.807) is 34.9 Å². The highest BCUT2D eigenvalue weighted by Crippen LogP contribution is 2.32. The Morgan fingerprint density at radius 3 is 2.72 bits per heavy atom. The molecule has 6 nitrogen and oxygen atoms in total. The maximum atomic E-state index is 12.8. The summed E-state index contributed by atoms with van der Waals surface area (Å²) in [5, 5.41) is 3.40. The highest BCUT2D eigenvalue weighted by Gasteiger charge is 2.31. The van der Waals surface area contributed by atoms with Crippen molar-refractivity contribution in [3.63, 3.8) is 0 Å². The van der Waals surface area contributed by atoms with Crippen molar-refractivity contribution in [1.29, 1.82) is 0 Å². The van der Waals surface area contributed by atoms with Crippen LogP contribution in [0.15, 0.2) is 47.3 Å². The first kappa shape index (κ1) is 16.4. The van der Waals surface area contributed by atoms with Crippen LogP contribution < -0.4 is 15.6 Å². The van der Waals surface area contributed by atoms with E-state index in [0.717, 1.165) is 25.2 Å². The molecule has 2 aromatic rings. The minimum atomic E-state index is -3.63. The average Bonchev–Trinajstić information content (AvgIpc) is 2.58. The highest BCUT2D eigenvalue weighted by atomic mass is 32.2. The molecule has 2 unspecified atom stereocenters. The number of nitrogens with zero attached hydrogens (tertiary/aromatic N) is 1. The van der Waals surface area contributed by atoms with Crippen LogP contribution in [0.2, 0.25) is 0 Å². The number of pyridine rings is 1. The van der Waals surface area contributed by atoms with E-state index in [-0.39, 0.29) is 17.0 Å². The number of hydrogen-bond donors (Lipinski definition) is 2. The van der Waals surface area contributed by atoms with E-state index in [2.05, 4.69) is 10.0 Å². The van der Waals surface area contributed by atoms with Gasteiger partial charge in [-0.15, -0.1) is 0 Å². The number of piperidine rings is 1. The lowest BCUT2D eigenvalue weighted by atomic mass is 9.84. The van der Waals surface area contributed by atoms with Crippen molar-refractivity contribution in [3.8, 4) is 0 Å². The molecule has 0 amide bonds. The van der Waals surface area contributed by atoms with E-state index in [0.29, 0.717) is 23.9 Å². The Hall–Kier alpha value is -2.12. The van der Waals surface area contributed by atoms with Gasteiger partial charge in [0, 0.05) is 24.7 Å². The standard InChI is InChI=1S/C18H21N3O3S/c22-18-16(20-25(23,24)12-13-4-2-1-3-5-13)6-7-17-15-8-14(9-19-10-15)11-21(17)18/h1-7,14-15,19-20H,8-12H2. The summed E-state index contributed by atoms with van der Waals surface area (Å²) < 4.78 is 29.1. The maximum Gasteiger partial charge on any atom is 0.275 e. The highest BCUT2D eigenvalue weighted by molar-refractivity contribution is 7.91. The van der Waals surface area contributed by atoms with Gasteiger partial charge in [-0.3, -0.25) is 9.52 Å². The summed E-state index contributed by atoms with van der Waals surface area (Å²) in [4.78, 5) is 12.8. The van der Waals surface area contributed by atoms with E-state index in [1.807, 2.05) is 12.1 Å². The molecule has 1 fully saturated rings. The van der Waals surface area contributed by atoms with Crippen LogP contribution >= 0.6 is 0 Å². The van der Waals surface area contributed by atoms with Crippen LogP contribution in [0.4, 0.5) is 5.69 Å². The monoisotopic (exact) mass is 359 g/mol. The number of anilines is 1. The molecule has 1 saturated heterocycles. The smallest absolute Gasteiger partial charge is 0.275 e. The molecule has 0 spiro atoms. The van der Waals surface area contributed by atoms with Gasteiger partial charge < -0.3 is 9.88 Å². The molecule has 1 aromatic carbocycles. The lowest BCUT2D eigenvalue weighted by Crippen LogP contribution is -2.45. The van der Waals surface area contributed by atoms with Gasteiger partial charge in [-0.2, -0.15) is 0 Å². The van der Waals surface area contributed by atoms with Gasteiger partial charge in [0.05, 0.1) is 5.75 Å². The SMILES string of the molecule is O=c1c(NS(=O)(=O)Cc2ccccc2)ccc2n1CC1CNCC2C1. The van der Waals surface area contributed by atoms with E-state index in [4.69, 9.17) is 0 Å². The summed E-state index contributed by atoms with van der Waals surface area (Å²) in [6, 6.07) is 12.4. The van der Waals surface area contributed by atoms with Gasteiger partial charge in [0.15, 0.2) is 0 Å². The molecule has 2 atom stereocenters. The number of sulfonamides is 1. The fourth-order valence-electron chi connectivity index (χ4n) is 3.87. The molecule has 1 aromatic heterocycles. The van der Waals surface area contributed by atoms with Crippen LogP contribution in [0.3, 0.4) is 0 Å². The molecule has 4 rings (SSSR count). The Balaban J connectivity index is 1.61. The van der Waals surface area contributed by atoms with Crippen molar-refractivity contribution in [2.45, 2.75) is 24.6 Å². The maximum absolute atomic E-state index is 12.8. The fourth-order valence-corrected chi connectivity index (χ4v) is 5.06. The molecule has 0 aliphatic carbocycles. The van der Waals surface area contributed by atoms with Gasteiger partial charge in [-0.1, -0.05) is 30.3 Å². The summed E-state index contributed by atoms with van der Waals surface area (Å²) in [7, 11) is -3.63. The minimum absolute atomic E-state index is 0.132. The number of hydrogen-bond acceptors (Lipinski definition) is 4. The molecule has 3 heterocycles. The molecule has 2 bridgehead atoms. The van der Waals surface area contributed by atoms with Crippen molar-refractivity contribution >= 4 is 15.7 Å². The van der Waals surface area contributed by atoms with Gasteiger partial charge in [0.2, 0.25) is 10.0 Å². The topological polar surface area (TPSA) is 80.2 Å². The minimum Gasteiger partial charge on any atom is -0.316 e. The molecule has 2 aliphatic heterocycles. The normalized spacial score (nSPS) is 22.2. The summed E-state index contributed by atoms with van der Waals surface area (Å²) in [5.74, 6) is 0.611. The number of nitrogens with one attached hydrogen (secondary N) is 2. The fraction of sp³-hybridized carbons (Fsp3) is 0.389. The molecule has 2 aliphatic rings. The van der Waals surface area contributed by atoms with E-state index in [9.17, 15) is 13.2 Å². The first-order valence-electron chi connectivity index (χ1n) is 8.51. The van der Waals surface area contributed by atoms with Crippen molar-refractivity contribution in [3.05, 3.63) is 64.1 Å². The lowest BCUT2D eigenvalue weighted by Gasteiger charge is -2.37. The predicted molar refractivity (Wildman–Crippen MR) is 97.1 cm³/mol. The molecule has 0 saturated carbocycles. The van der Waals surface area contributed by atoms with Crippen LogP contribution in [-0.4, -0.2) is 26.1 Å². The predicted octanol–water partition coefficient (Wildman–Crippen LogP) is 1.50. The lowest BCUT2D eigenvalue weighted by molar-refractivity contribution is 0.257. The summed E-state index contributed by atoms with van der Waals surface area (Å²) in [6.45, 7) is 2.42. The third kappa shape index (κ3) is 3.34. The number of aromatic nitrogens is 1. The van der Waals surface area contributed by atoms with Gasteiger partial charge in [-0.05, 0) is 36.6 Å². The number of rotatable bonds is 4. The number of fused-ring (bicyclic) bond motifs is 4. The third-order valence-corrected chi connectivity index (χ3v) is 6.22. The molecule has 7 heteroatoms. The molecular weight excluding hydrogens is 338 g/mol. The van der Waals surface area contributed by atoms with Gasteiger partial charge >= 0.3 is 0 Å². The quantitative estimate of drug-likeness (QED) is 0.867. The van der Waals surface area contributed by atoms with Gasteiger partial charge in [0.25, 0.3) is 5.56 Å². The van der Waals surface area contributed by atoms with E-state index >= 15 is 0 Å². The van der Waals surface area contributed by atoms with E-state index in [1.165, 1.54) is 0 Å². The van der Waals surface area contributed by atoms with Crippen LogP contribution in [0.25, 0.3) is 0 Å².